The van der Waals surface area contributed by atoms with Gasteiger partial charge in [-0.1, -0.05) is 13.0 Å². The largest absolute Gasteiger partial charge is 0.454 e. The summed E-state index contributed by atoms with van der Waals surface area (Å²) in [7, 11) is 0. The monoisotopic (exact) mass is 346 g/mol. The second kappa shape index (κ2) is 8.94. The first-order valence-electron chi connectivity index (χ1n) is 9.41. The molecule has 1 unspecified atom stereocenters. The number of fused-ring (bicyclic) bond motifs is 1. The summed E-state index contributed by atoms with van der Waals surface area (Å²) in [6.45, 7) is 10.8. The molecule has 2 aliphatic rings. The number of benzene rings is 1. The predicted molar refractivity (Wildman–Crippen MR) is 100 cm³/mol. The van der Waals surface area contributed by atoms with E-state index in [1.165, 1.54) is 25.1 Å². The molecule has 1 atom stereocenters. The van der Waals surface area contributed by atoms with Crippen molar-refractivity contribution in [3.63, 3.8) is 0 Å². The zero-order valence-corrected chi connectivity index (χ0v) is 15.4. The number of rotatable bonds is 7. The highest BCUT2D eigenvalue weighted by Gasteiger charge is 2.20. The molecule has 0 radical (unpaired) electrons. The molecule has 25 heavy (non-hydrogen) atoms. The SMILES string of the molecule is CCNC(=NCC1CCN(CC)C1)NCCc1ccc2c(c1)OCO2. The molecular formula is C19H30N4O2. The second-order valence-corrected chi connectivity index (χ2v) is 6.63. The average Bonchev–Trinajstić information content (AvgIpc) is 3.28. The van der Waals surface area contributed by atoms with Crippen molar-refractivity contribution in [2.75, 3.05) is 46.1 Å². The fraction of sp³-hybridized carbons (Fsp3) is 0.632. The van der Waals surface area contributed by atoms with Crippen LogP contribution in [-0.2, 0) is 6.42 Å². The van der Waals surface area contributed by atoms with Gasteiger partial charge in [-0.2, -0.15) is 0 Å². The van der Waals surface area contributed by atoms with E-state index < -0.39 is 0 Å². The Bertz CT molecular complexity index is 591. The lowest BCUT2D eigenvalue weighted by Crippen LogP contribution is -2.38. The van der Waals surface area contributed by atoms with Gasteiger partial charge in [0.1, 0.15) is 0 Å². The van der Waals surface area contributed by atoms with Crippen molar-refractivity contribution in [1.29, 1.82) is 0 Å². The van der Waals surface area contributed by atoms with Crippen molar-refractivity contribution in [2.24, 2.45) is 10.9 Å². The molecule has 6 nitrogen and oxygen atoms in total. The van der Waals surface area contributed by atoms with Gasteiger partial charge in [-0.3, -0.25) is 4.99 Å². The Morgan fingerprint density at radius 3 is 2.92 bits per heavy atom. The number of guanidine groups is 1. The molecule has 1 saturated heterocycles. The summed E-state index contributed by atoms with van der Waals surface area (Å²) in [5.74, 6) is 3.28. The molecule has 0 spiro atoms. The molecule has 1 aromatic rings. The van der Waals surface area contributed by atoms with E-state index in [1.54, 1.807) is 0 Å². The first-order valence-corrected chi connectivity index (χ1v) is 9.41. The summed E-state index contributed by atoms with van der Waals surface area (Å²) in [5, 5.41) is 6.78. The molecule has 2 heterocycles. The predicted octanol–water partition coefficient (Wildman–Crippen LogP) is 1.85. The third kappa shape index (κ3) is 5.01. The molecule has 0 amide bonds. The number of aliphatic imine (C=N–C) groups is 1. The smallest absolute Gasteiger partial charge is 0.231 e. The van der Waals surface area contributed by atoms with Gasteiger partial charge in [-0.25, -0.2) is 0 Å². The summed E-state index contributed by atoms with van der Waals surface area (Å²) in [6.07, 6.45) is 2.18. The highest BCUT2D eigenvalue weighted by Crippen LogP contribution is 2.32. The Labute approximate surface area is 150 Å². The van der Waals surface area contributed by atoms with Crippen LogP contribution in [0.2, 0.25) is 0 Å². The highest BCUT2D eigenvalue weighted by atomic mass is 16.7. The summed E-state index contributed by atoms with van der Waals surface area (Å²) >= 11 is 0. The molecule has 2 aliphatic heterocycles. The molecule has 1 aromatic carbocycles. The fourth-order valence-corrected chi connectivity index (χ4v) is 3.33. The lowest BCUT2D eigenvalue weighted by Gasteiger charge is -2.14. The van der Waals surface area contributed by atoms with Crippen molar-refractivity contribution in [3.05, 3.63) is 23.8 Å². The first-order chi connectivity index (χ1) is 12.3. The molecule has 1 fully saturated rings. The number of hydrogen-bond acceptors (Lipinski definition) is 4. The van der Waals surface area contributed by atoms with Gasteiger partial charge in [0.05, 0.1) is 0 Å². The van der Waals surface area contributed by atoms with Gasteiger partial charge in [-0.15, -0.1) is 0 Å². The average molecular weight is 346 g/mol. The van der Waals surface area contributed by atoms with Crippen LogP contribution in [-0.4, -0.2) is 56.9 Å². The number of hydrogen-bond donors (Lipinski definition) is 2. The molecule has 0 bridgehead atoms. The van der Waals surface area contributed by atoms with Gasteiger partial charge < -0.3 is 25.0 Å². The third-order valence-electron chi connectivity index (χ3n) is 4.81. The van der Waals surface area contributed by atoms with Crippen LogP contribution in [0.15, 0.2) is 23.2 Å². The minimum absolute atomic E-state index is 0.324. The van der Waals surface area contributed by atoms with E-state index in [1.807, 2.05) is 6.07 Å². The van der Waals surface area contributed by atoms with Crippen molar-refractivity contribution in [2.45, 2.75) is 26.7 Å². The zero-order valence-electron chi connectivity index (χ0n) is 15.4. The maximum Gasteiger partial charge on any atom is 0.231 e. The number of likely N-dealkylation sites (tertiary alicyclic amines) is 1. The molecule has 0 aromatic heterocycles. The Morgan fingerprint density at radius 2 is 2.12 bits per heavy atom. The van der Waals surface area contributed by atoms with Gasteiger partial charge >= 0.3 is 0 Å². The summed E-state index contributed by atoms with van der Waals surface area (Å²) in [5.41, 5.74) is 1.24. The van der Waals surface area contributed by atoms with Gasteiger partial charge in [0.2, 0.25) is 6.79 Å². The van der Waals surface area contributed by atoms with E-state index in [0.717, 1.165) is 50.1 Å². The zero-order chi connectivity index (χ0) is 17.5. The highest BCUT2D eigenvalue weighted by molar-refractivity contribution is 5.79. The van der Waals surface area contributed by atoms with Crippen molar-refractivity contribution < 1.29 is 9.47 Å². The maximum absolute atomic E-state index is 5.44. The number of nitrogens with one attached hydrogen (secondary N) is 2. The van der Waals surface area contributed by atoms with Crippen molar-refractivity contribution in [1.82, 2.24) is 15.5 Å². The lowest BCUT2D eigenvalue weighted by atomic mass is 10.1. The Hall–Kier alpha value is -1.95. The number of nitrogens with zero attached hydrogens (tertiary/aromatic N) is 2. The molecule has 3 rings (SSSR count). The van der Waals surface area contributed by atoms with E-state index >= 15 is 0 Å². The van der Waals surface area contributed by atoms with Crippen LogP contribution in [0.4, 0.5) is 0 Å². The fourth-order valence-electron chi connectivity index (χ4n) is 3.33. The van der Waals surface area contributed by atoms with Crippen molar-refractivity contribution in [3.8, 4) is 11.5 Å². The first kappa shape index (κ1) is 17.9. The van der Waals surface area contributed by atoms with Crippen LogP contribution in [0, 0.1) is 5.92 Å². The van der Waals surface area contributed by atoms with Crippen LogP contribution in [0.1, 0.15) is 25.8 Å². The third-order valence-corrected chi connectivity index (χ3v) is 4.81. The quantitative estimate of drug-likeness (QED) is 0.583. The van der Waals surface area contributed by atoms with E-state index in [2.05, 4.69) is 41.5 Å². The topological polar surface area (TPSA) is 58.1 Å². The van der Waals surface area contributed by atoms with E-state index in [0.29, 0.717) is 12.7 Å². The maximum atomic E-state index is 5.44. The van der Waals surface area contributed by atoms with E-state index in [4.69, 9.17) is 14.5 Å². The second-order valence-electron chi connectivity index (χ2n) is 6.63. The van der Waals surface area contributed by atoms with Gasteiger partial charge in [0.25, 0.3) is 0 Å². The molecule has 6 heteroatoms. The lowest BCUT2D eigenvalue weighted by molar-refractivity contribution is 0.174. The molecule has 0 saturated carbocycles. The number of ether oxygens (including phenoxy) is 2. The minimum atomic E-state index is 0.324. The summed E-state index contributed by atoms with van der Waals surface area (Å²) in [6, 6.07) is 6.14. The van der Waals surface area contributed by atoms with Gasteiger partial charge in [0, 0.05) is 26.2 Å². The van der Waals surface area contributed by atoms with E-state index in [-0.39, 0.29) is 0 Å². The van der Waals surface area contributed by atoms with Crippen molar-refractivity contribution >= 4 is 5.96 Å². The molecule has 0 aliphatic carbocycles. The normalized spacial score (nSPS) is 20.1. The van der Waals surface area contributed by atoms with Gasteiger partial charge in [-0.05, 0) is 56.5 Å². The summed E-state index contributed by atoms with van der Waals surface area (Å²) in [4.78, 5) is 7.28. The minimum Gasteiger partial charge on any atom is -0.454 e. The Morgan fingerprint density at radius 1 is 1.24 bits per heavy atom. The Balaban J connectivity index is 1.46. The molecule has 138 valence electrons. The van der Waals surface area contributed by atoms with Crippen LogP contribution in [0.5, 0.6) is 11.5 Å². The van der Waals surface area contributed by atoms with Crippen LogP contribution < -0.4 is 20.1 Å². The molecular weight excluding hydrogens is 316 g/mol. The van der Waals surface area contributed by atoms with Crippen LogP contribution in [0.25, 0.3) is 0 Å². The van der Waals surface area contributed by atoms with Crippen LogP contribution in [0.3, 0.4) is 0 Å². The standard InChI is InChI=1S/C19H30N4O2/c1-3-20-19(22-12-16-8-10-23(4-2)13-16)21-9-7-15-5-6-17-18(11-15)25-14-24-17/h5-6,11,16H,3-4,7-10,12-14H2,1-2H3,(H2,20,21,22). The summed E-state index contributed by atoms with van der Waals surface area (Å²) < 4.78 is 10.8. The Kier molecular flexibility index (Phi) is 6.39. The molecule has 2 N–H and O–H groups in total. The van der Waals surface area contributed by atoms with E-state index in [9.17, 15) is 0 Å². The van der Waals surface area contributed by atoms with Crippen LogP contribution >= 0.6 is 0 Å². The van der Waals surface area contributed by atoms with Gasteiger partial charge in [0.15, 0.2) is 17.5 Å².